The molecule has 1 aromatic heterocycles. The van der Waals surface area contributed by atoms with Crippen molar-refractivity contribution < 1.29 is 9.90 Å². The van der Waals surface area contributed by atoms with Crippen molar-refractivity contribution >= 4 is 49.5 Å². The largest absolute Gasteiger partial charge is 0.481 e. The lowest BCUT2D eigenvalue weighted by Crippen LogP contribution is -2.48. The molecule has 0 saturated heterocycles. The smallest absolute Gasteiger partial charge is 0.301 e. The summed E-state index contributed by atoms with van der Waals surface area (Å²) in [6.07, 6.45) is 6.54. The quantitative estimate of drug-likeness (QED) is 0.645. The minimum atomic E-state index is -0.636. The average molecular weight is 411 g/mol. The van der Waals surface area contributed by atoms with E-state index in [1.165, 1.54) is 5.56 Å². The van der Waals surface area contributed by atoms with Crippen LogP contribution in [-0.2, 0) is 11.3 Å². The second-order valence-corrected chi connectivity index (χ2v) is 7.56. The van der Waals surface area contributed by atoms with Gasteiger partial charge >= 0.3 is 5.97 Å². The van der Waals surface area contributed by atoms with Gasteiger partial charge in [0.05, 0.1) is 5.52 Å². The van der Waals surface area contributed by atoms with E-state index in [-0.39, 0.29) is 30.7 Å². The van der Waals surface area contributed by atoms with Gasteiger partial charge in [-0.25, -0.2) is 0 Å². The maximum absolute atomic E-state index is 11.8. The first-order valence-corrected chi connectivity index (χ1v) is 9.34. The summed E-state index contributed by atoms with van der Waals surface area (Å²) in [5.74, 6) is -0.359. The first-order valence-electron chi connectivity index (χ1n) is 9.34. The van der Waals surface area contributed by atoms with E-state index < -0.39 is 11.3 Å². The highest BCUT2D eigenvalue weighted by Crippen LogP contribution is 2.49. The summed E-state index contributed by atoms with van der Waals surface area (Å²) in [6.45, 7) is 2.90. The van der Waals surface area contributed by atoms with Crippen LogP contribution < -0.4 is 5.32 Å². The van der Waals surface area contributed by atoms with Crippen molar-refractivity contribution in [3.63, 3.8) is 0 Å². The van der Waals surface area contributed by atoms with E-state index in [1.807, 2.05) is 20.1 Å². The highest BCUT2D eigenvalue weighted by atomic mass is 35.5. The van der Waals surface area contributed by atoms with E-state index in [9.17, 15) is 9.90 Å². The molecule has 1 aromatic carbocycles. The van der Waals surface area contributed by atoms with Crippen molar-refractivity contribution in [2.45, 2.75) is 56.9 Å². The highest BCUT2D eigenvalue weighted by molar-refractivity contribution is 6.27. The number of aliphatic carboxylic acids is 1. The third-order valence-corrected chi connectivity index (χ3v) is 5.87. The molecule has 1 aliphatic carbocycles. The molecule has 1 fully saturated rings. The minimum Gasteiger partial charge on any atom is -0.481 e. The van der Waals surface area contributed by atoms with E-state index in [1.54, 1.807) is 0 Å². The van der Waals surface area contributed by atoms with Gasteiger partial charge in [0.15, 0.2) is 0 Å². The Bertz CT molecular complexity index is 750. The van der Waals surface area contributed by atoms with Crippen LogP contribution in [0, 0.1) is 5.92 Å². The number of unbranched alkanes of at least 4 members (excludes halogenated alkanes) is 1. The van der Waals surface area contributed by atoms with Gasteiger partial charge in [0.25, 0.3) is 0 Å². The molecular weight excluding hydrogens is 382 g/mol. The Labute approximate surface area is 174 Å². The van der Waals surface area contributed by atoms with Crippen molar-refractivity contribution in [2.24, 2.45) is 5.92 Å². The zero-order valence-electron chi connectivity index (χ0n) is 16.0. The standard InChI is InChI=1S/C20H27BN2O2.2ClH/c1-2-3-9-20(21,19(24)25)16-11-17(12-16)23-13-15-7-4-6-14-8-5-10-22-18(14)15;;/h4-8,10,16-17,23H,2-3,9,11-13,21H2,1H3,(H,24,25);2*1H. The molecule has 0 bridgehead atoms. The van der Waals surface area contributed by atoms with E-state index in [2.05, 4.69) is 41.5 Å². The van der Waals surface area contributed by atoms with Crippen LogP contribution in [0.15, 0.2) is 36.5 Å². The van der Waals surface area contributed by atoms with Crippen molar-refractivity contribution in [1.82, 2.24) is 10.3 Å². The average Bonchev–Trinajstić information content (AvgIpc) is 2.58. The third kappa shape index (κ3) is 5.15. The van der Waals surface area contributed by atoms with Crippen molar-refractivity contribution in [1.29, 1.82) is 0 Å². The predicted molar refractivity (Wildman–Crippen MR) is 118 cm³/mol. The molecular formula is C20H29BCl2N2O2. The van der Waals surface area contributed by atoms with Gasteiger partial charge in [0, 0.05) is 29.5 Å². The van der Waals surface area contributed by atoms with Gasteiger partial charge in [-0.1, -0.05) is 44.0 Å². The maximum Gasteiger partial charge on any atom is 0.301 e. The Morgan fingerprint density at radius 1 is 1.30 bits per heavy atom. The fourth-order valence-electron chi connectivity index (χ4n) is 3.90. The Kier molecular flexibility index (Phi) is 9.06. The molecule has 1 aliphatic rings. The van der Waals surface area contributed by atoms with Gasteiger partial charge < -0.3 is 10.4 Å². The van der Waals surface area contributed by atoms with Gasteiger partial charge in [-0.15, -0.1) is 24.8 Å². The SMILES string of the molecule is BC(CCCC)(C(=O)O)C1CC(NCc2cccc3cccnc23)C1.Cl.Cl. The topological polar surface area (TPSA) is 62.2 Å². The first kappa shape index (κ1) is 23.7. The number of fused-ring (bicyclic) bond motifs is 1. The molecule has 1 saturated carbocycles. The van der Waals surface area contributed by atoms with Crippen molar-refractivity contribution in [3.05, 3.63) is 42.1 Å². The van der Waals surface area contributed by atoms with E-state index in [4.69, 9.17) is 0 Å². The van der Waals surface area contributed by atoms with Gasteiger partial charge in [-0.2, -0.15) is 0 Å². The monoisotopic (exact) mass is 410 g/mol. The summed E-state index contributed by atoms with van der Waals surface area (Å²) in [5, 5.41) is 13.9. The molecule has 148 valence electrons. The molecule has 1 heterocycles. The second-order valence-electron chi connectivity index (χ2n) is 7.56. The molecule has 2 aromatic rings. The number of halogens is 2. The zero-order chi connectivity index (χ0) is 17.9. The summed E-state index contributed by atoms with van der Waals surface area (Å²) < 4.78 is 0. The number of hydrogen-bond donors (Lipinski definition) is 2. The summed E-state index contributed by atoms with van der Waals surface area (Å²) in [7, 11) is 1.93. The number of carboxylic acids is 1. The molecule has 0 amide bonds. The normalized spacial score (nSPS) is 20.6. The van der Waals surface area contributed by atoms with Crippen LogP contribution in [0.25, 0.3) is 10.9 Å². The number of para-hydroxylation sites is 1. The van der Waals surface area contributed by atoms with Crippen molar-refractivity contribution in [2.75, 3.05) is 0 Å². The molecule has 2 N–H and O–H groups in total. The van der Waals surface area contributed by atoms with Gasteiger partial charge in [0.2, 0.25) is 0 Å². The van der Waals surface area contributed by atoms with Crippen LogP contribution in [0.5, 0.6) is 0 Å². The van der Waals surface area contributed by atoms with E-state index in [0.29, 0.717) is 6.04 Å². The molecule has 0 radical (unpaired) electrons. The lowest BCUT2D eigenvalue weighted by atomic mass is 9.51. The minimum absolute atomic E-state index is 0. The molecule has 1 atom stereocenters. The number of benzene rings is 1. The number of nitrogens with one attached hydrogen (secondary N) is 1. The highest BCUT2D eigenvalue weighted by Gasteiger charge is 2.46. The lowest BCUT2D eigenvalue weighted by Gasteiger charge is -2.45. The van der Waals surface area contributed by atoms with Crippen LogP contribution in [0.3, 0.4) is 0 Å². The Hall–Kier alpha value is -1.30. The van der Waals surface area contributed by atoms with Gasteiger partial charge in [-0.05, 0) is 36.8 Å². The van der Waals surface area contributed by atoms with Crippen LogP contribution >= 0.6 is 24.8 Å². The van der Waals surface area contributed by atoms with Crippen LogP contribution in [0.2, 0.25) is 5.31 Å². The van der Waals surface area contributed by atoms with E-state index >= 15 is 0 Å². The van der Waals surface area contributed by atoms with Crippen LogP contribution in [-0.4, -0.2) is 29.9 Å². The second kappa shape index (κ2) is 10.3. The molecule has 0 aliphatic heterocycles. The molecule has 4 nitrogen and oxygen atoms in total. The number of hydrogen-bond acceptors (Lipinski definition) is 3. The van der Waals surface area contributed by atoms with E-state index in [0.717, 1.165) is 49.6 Å². The lowest BCUT2D eigenvalue weighted by molar-refractivity contribution is -0.144. The van der Waals surface area contributed by atoms with Crippen LogP contribution in [0.4, 0.5) is 0 Å². The third-order valence-electron chi connectivity index (χ3n) is 5.87. The number of nitrogens with zero attached hydrogens (tertiary/aromatic N) is 1. The summed E-state index contributed by atoms with van der Waals surface area (Å²) in [5.41, 5.74) is 2.25. The van der Waals surface area contributed by atoms with Crippen molar-refractivity contribution in [3.8, 4) is 0 Å². The van der Waals surface area contributed by atoms with Gasteiger partial charge in [-0.3, -0.25) is 9.78 Å². The molecule has 1 unspecified atom stereocenters. The predicted octanol–water partition coefficient (Wildman–Crippen LogP) is 4.01. The number of carboxylic acid groups (broad SMARTS) is 1. The first-order chi connectivity index (χ1) is 12.0. The summed E-state index contributed by atoms with van der Waals surface area (Å²) in [4.78, 5) is 16.3. The molecule has 0 spiro atoms. The zero-order valence-corrected chi connectivity index (χ0v) is 17.6. The number of rotatable bonds is 8. The maximum atomic E-state index is 11.8. The van der Waals surface area contributed by atoms with Crippen LogP contribution in [0.1, 0.15) is 44.6 Å². The Morgan fingerprint density at radius 2 is 2.00 bits per heavy atom. The summed E-state index contributed by atoms with van der Waals surface area (Å²) >= 11 is 0. The number of pyridine rings is 1. The molecule has 27 heavy (non-hydrogen) atoms. The fraction of sp³-hybridized carbons (Fsp3) is 0.500. The number of carbonyl (C=O) groups is 1. The fourth-order valence-corrected chi connectivity index (χ4v) is 3.90. The molecule has 3 rings (SSSR count). The van der Waals surface area contributed by atoms with Gasteiger partial charge in [0.1, 0.15) is 7.85 Å². The molecule has 7 heteroatoms. The Balaban J connectivity index is 0.00000182. The number of aromatic nitrogens is 1. The Morgan fingerprint density at radius 3 is 2.67 bits per heavy atom. The summed E-state index contributed by atoms with van der Waals surface area (Å²) in [6, 6.07) is 10.7.